The maximum absolute atomic E-state index is 12.6. The molecule has 2 aromatic carbocycles. The molecule has 0 spiro atoms. The SMILES string of the molecule is CN1/C(=C/C=C/C=C2\C\C(=C/C=C/C=C3/N(C)c4ccccc4C3(C)C)C2=O)C(C)(C)c2ccccc21. The van der Waals surface area contributed by atoms with E-state index in [1.54, 1.807) is 0 Å². The first-order valence-corrected chi connectivity index (χ1v) is 13.0. The van der Waals surface area contributed by atoms with Crippen LogP contribution in [0.4, 0.5) is 11.4 Å². The molecule has 1 aliphatic carbocycles. The number of carbonyl (C=O) groups excluding carboxylic acids is 1. The van der Waals surface area contributed by atoms with Crippen molar-refractivity contribution >= 4 is 17.2 Å². The second-order valence-electron chi connectivity index (χ2n) is 11.2. The molecule has 0 bridgehead atoms. The number of Topliss-reactive ketones (excluding diaryl/α,β-unsaturated/α-hetero) is 1. The number of fused-ring (bicyclic) bond motifs is 2. The van der Waals surface area contributed by atoms with Crippen molar-refractivity contribution in [1.29, 1.82) is 0 Å². The third kappa shape index (κ3) is 4.13. The van der Waals surface area contributed by atoms with Crippen molar-refractivity contribution in [2.45, 2.75) is 44.9 Å². The molecule has 0 saturated heterocycles. The number of allylic oxidation sites excluding steroid dienone is 12. The Bertz CT molecular complexity index is 1330. The number of hydrogen-bond donors (Lipinski definition) is 0. The molecule has 0 N–H and O–H groups in total. The second-order valence-corrected chi connectivity index (χ2v) is 11.2. The van der Waals surface area contributed by atoms with Crippen molar-refractivity contribution in [2.75, 3.05) is 23.9 Å². The van der Waals surface area contributed by atoms with Crippen molar-refractivity contribution in [1.82, 2.24) is 0 Å². The van der Waals surface area contributed by atoms with Gasteiger partial charge in [-0.05, 0) is 35.4 Å². The minimum absolute atomic E-state index is 0.0437. The summed E-state index contributed by atoms with van der Waals surface area (Å²) in [6, 6.07) is 17.1. The highest BCUT2D eigenvalue weighted by molar-refractivity contribution is 6.16. The summed E-state index contributed by atoms with van der Waals surface area (Å²) in [5.41, 5.74) is 9.34. The summed E-state index contributed by atoms with van der Waals surface area (Å²) in [4.78, 5) is 17.1. The van der Waals surface area contributed by atoms with Gasteiger partial charge in [0.15, 0.2) is 5.78 Å². The molecule has 3 nitrogen and oxygen atoms in total. The summed E-state index contributed by atoms with van der Waals surface area (Å²) in [5, 5.41) is 0. The maximum Gasteiger partial charge on any atom is 0.185 e. The van der Waals surface area contributed by atoms with E-state index in [2.05, 4.69) is 112 Å². The lowest BCUT2D eigenvalue weighted by atomic mass is 9.83. The Morgan fingerprint density at radius 1 is 0.622 bits per heavy atom. The standard InChI is InChI=1S/C34H36N2O/c1-33(2)26-17-9-11-19-28(26)35(5)30(33)21-13-7-15-24-23-25(32(24)37)16-8-14-22-31-34(3,4)27-18-10-12-20-29(27)36(31)6/h7-22H,23H2,1-6H3/b13-7+,14-8+,24-15+,25-16+,30-21+,31-22+. The highest BCUT2D eigenvalue weighted by Crippen LogP contribution is 2.47. The lowest BCUT2D eigenvalue weighted by Crippen LogP contribution is -2.22. The molecule has 0 atom stereocenters. The van der Waals surface area contributed by atoms with Crippen LogP contribution in [-0.4, -0.2) is 19.9 Å². The minimum atomic E-state index is -0.0437. The van der Waals surface area contributed by atoms with Gasteiger partial charge in [0.1, 0.15) is 0 Å². The summed E-state index contributed by atoms with van der Waals surface area (Å²) in [7, 11) is 4.23. The number of nitrogens with zero attached hydrogens (tertiary/aromatic N) is 2. The quantitative estimate of drug-likeness (QED) is 0.415. The molecular formula is C34H36N2O. The lowest BCUT2D eigenvalue weighted by Gasteiger charge is -2.23. The average Bonchev–Trinajstić information content (AvgIpc) is 3.20. The summed E-state index contributed by atoms with van der Waals surface area (Å²) in [6.45, 7) is 9.03. The third-order valence-electron chi connectivity index (χ3n) is 8.17. The number of anilines is 2. The van der Waals surface area contributed by atoms with Crippen LogP contribution >= 0.6 is 0 Å². The Kier molecular flexibility index (Phi) is 6.19. The molecule has 5 rings (SSSR count). The van der Waals surface area contributed by atoms with Gasteiger partial charge >= 0.3 is 0 Å². The first kappa shape index (κ1) is 24.8. The third-order valence-corrected chi connectivity index (χ3v) is 8.17. The average molecular weight is 489 g/mol. The lowest BCUT2D eigenvalue weighted by molar-refractivity contribution is -0.114. The second kappa shape index (κ2) is 9.23. The molecule has 1 saturated carbocycles. The van der Waals surface area contributed by atoms with Gasteiger partial charge in [-0.2, -0.15) is 0 Å². The van der Waals surface area contributed by atoms with E-state index in [0.717, 1.165) is 11.1 Å². The molecule has 0 amide bonds. The zero-order valence-electron chi connectivity index (χ0n) is 22.7. The monoisotopic (exact) mass is 488 g/mol. The van der Waals surface area contributed by atoms with E-state index in [9.17, 15) is 4.79 Å². The molecule has 2 heterocycles. The Morgan fingerprint density at radius 2 is 1.00 bits per heavy atom. The summed E-state index contributed by atoms with van der Waals surface area (Å²) < 4.78 is 0. The Hall–Kier alpha value is -3.85. The van der Waals surface area contributed by atoms with Gasteiger partial charge < -0.3 is 9.80 Å². The van der Waals surface area contributed by atoms with Gasteiger partial charge in [-0.15, -0.1) is 0 Å². The smallest absolute Gasteiger partial charge is 0.185 e. The van der Waals surface area contributed by atoms with Gasteiger partial charge in [-0.1, -0.05) is 101 Å². The van der Waals surface area contributed by atoms with Crippen LogP contribution in [0.1, 0.15) is 45.2 Å². The van der Waals surface area contributed by atoms with Crippen LogP contribution in [0.5, 0.6) is 0 Å². The van der Waals surface area contributed by atoms with Crippen LogP contribution in [0.15, 0.2) is 120 Å². The first-order chi connectivity index (χ1) is 17.6. The van der Waals surface area contributed by atoms with E-state index >= 15 is 0 Å². The van der Waals surface area contributed by atoms with Crippen LogP contribution in [0.3, 0.4) is 0 Å². The zero-order chi connectivity index (χ0) is 26.4. The van der Waals surface area contributed by atoms with Gasteiger partial charge in [0.05, 0.1) is 0 Å². The maximum atomic E-state index is 12.6. The first-order valence-electron chi connectivity index (χ1n) is 13.0. The van der Waals surface area contributed by atoms with Crippen molar-refractivity contribution in [2.24, 2.45) is 0 Å². The van der Waals surface area contributed by atoms with Crippen molar-refractivity contribution in [3.63, 3.8) is 0 Å². The number of hydrogen-bond acceptors (Lipinski definition) is 3. The van der Waals surface area contributed by atoms with E-state index in [1.165, 1.54) is 33.9 Å². The van der Waals surface area contributed by atoms with Crippen LogP contribution in [0.2, 0.25) is 0 Å². The van der Waals surface area contributed by atoms with Crippen molar-refractivity contribution in [3.8, 4) is 0 Å². The van der Waals surface area contributed by atoms with E-state index in [0.29, 0.717) is 6.42 Å². The van der Waals surface area contributed by atoms with E-state index in [4.69, 9.17) is 0 Å². The number of para-hydroxylation sites is 2. The Balaban J connectivity index is 1.22. The molecule has 0 radical (unpaired) electrons. The highest BCUT2D eigenvalue weighted by Gasteiger charge is 2.38. The largest absolute Gasteiger partial charge is 0.347 e. The topological polar surface area (TPSA) is 23.6 Å². The Morgan fingerprint density at radius 3 is 1.38 bits per heavy atom. The van der Waals surface area contributed by atoms with Crippen LogP contribution in [-0.2, 0) is 15.6 Å². The predicted molar refractivity (Wildman–Crippen MR) is 156 cm³/mol. The predicted octanol–water partition coefficient (Wildman–Crippen LogP) is 7.55. The number of likely N-dealkylation sites (N-methyl/N-ethyl adjacent to an activating group) is 2. The van der Waals surface area contributed by atoms with Crippen LogP contribution in [0.25, 0.3) is 0 Å². The Labute approximate surface area is 221 Å². The molecule has 0 aromatic heterocycles. The van der Waals surface area contributed by atoms with Crippen LogP contribution < -0.4 is 9.80 Å². The molecule has 3 aliphatic rings. The van der Waals surface area contributed by atoms with E-state index in [-0.39, 0.29) is 16.6 Å². The van der Waals surface area contributed by atoms with E-state index < -0.39 is 0 Å². The van der Waals surface area contributed by atoms with Gasteiger partial charge in [-0.25, -0.2) is 0 Å². The summed E-state index contributed by atoms with van der Waals surface area (Å²) in [5.74, 6) is 0.144. The summed E-state index contributed by atoms with van der Waals surface area (Å²) in [6.07, 6.45) is 17.0. The number of rotatable bonds is 4. The molecule has 2 aliphatic heterocycles. The normalized spacial score (nSPS) is 24.2. The summed E-state index contributed by atoms with van der Waals surface area (Å²) >= 11 is 0. The number of carbonyl (C=O) groups is 1. The van der Waals surface area contributed by atoms with Crippen LogP contribution in [0, 0.1) is 0 Å². The molecular weight excluding hydrogens is 452 g/mol. The van der Waals surface area contributed by atoms with E-state index in [1.807, 2.05) is 36.5 Å². The molecule has 188 valence electrons. The van der Waals surface area contributed by atoms with Crippen molar-refractivity contribution < 1.29 is 4.79 Å². The van der Waals surface area contributed by atoms with Gasteiger partial charge in [0.2, 0.25) is 0 Å². The van der Waals surface area contributed by atoms with Gasteiger partial charge in [0.25, 0.3) is 0 Å². The molecule has 37 heavy (non-hydrogen) atoms. The fourth-order valence-electron chi connectivity index (χ4n) is 5.97. The fraction of sp³-hybridized carbons (Fsp3) is 0.265. The van der Waals surface area contributed by atoms with Gasteiger partial charge in [0, 0.05) is 65.3 Å². The van der Waals surface area contributed by atoms with Crippen molar-refractivity contribution in [3.05, 3.63) is 131 Å². The fourth-order valence-corrected chi connectivity index (χ4v) is 5.97. The number of ketones is 1. The minimum Gasteiger partial charge on any atom is -0.347 e. The molecule has 0 unspecified atom stereocenters. The molecule has 2 aromatic rings. The molecule has 3 heteroatoms. The number of benzene rings is 2. The highest BCUT2D eigenvalue weighted by atomic mass is 16.1. The molecule has 1 fully saturated rings. The van der Waals surface area contributed by atoms with Gasteiger partial charge in [-0.3, -0.25) is 4.79 Å². The zero-order valence-corrected chi connectivity index (χ0v) is 22.7.